The van der Waals surface area contributed by atoms with E-state index >= 15 is 0 Å². The van der Waals surface area contributed by atoms with Crippen LogP contribution in [-0.2, 0) is 9.53 Å². The molecule has 346 valence electrons. The molecule has 0 spiro atoms. The zero-order valence-corrected chi connectivity index (χ0v) is 40.6. The molecular formula is C47H64ClN9O4S3. The average molecular weight is 951 g/mol. The number of thiazole rings is 1. The number of unbranched alkanes of at least 4 members (excludes halogenated alkanes) is 1. The molecule has 1 aliphatic heterocycles. The number of piperazine rings is 1. The third kappa shape index (κ3) is 21.4. The van der Waals surface area contributed by atoms with Gasteiger partial charge in [-0.25, -0.2) is 19.7 Å². The fourth-order valence-electron chi connectivity index (χ4n) is 6.19. The Bertz CT molecular complexity index is 2010. The molecule has 0 aliphatic carbocycles. The van der Waals surface area contributed by atoms with Gasteiger partial charge in [0.2, 0.25) is 5.91 Å². The van der Waals surface area contributed by atoms with Gasteiger partial charge in [-0.2, -0.15) is 0 Å². The highest BCUT2D eigenvalue weighted by atomic mass is 35.5. The first-order valence-corrected chi connectivity index (χ1v) is 25.7. The fourth-order valence-corrected chi connectivity index (χ4v) is 8.99. The van der Waals surface area contributed by atoms with E-state index in [0.29, 0.717) is 65.0 Å². The number of para-hydroxylation sites is 1. The van der Waals surface area contributed by atoms with E-state index in [-0.39, 0.29) is 11.8 Å². The summed E-state index contributed by atoms with van der Waals surface area (Å²) in [6.07, 6.45) is 30.2. The number of benzene rings is 1. The Labute approximate surface area is 396 Å². The van der Waals surface area contributed by atoms with E-state index in [1.54, 1.807) is 27.7 Å². The Morgan fingerprint density at radius 3 is 2.19 bits per heavy atom. The molecule has 13 nitrogen and oxygen atoms in total. The van der Waals surface area contributed by atoms with Gasteiger partial charge in [-0.05, 0) is 70.4 Å². The van der Waals surface area contributed by atoms with Crippen molar-refractivity contribution in [1.29, 1.82) is 0 Å². The minimum Gasteiger partial charge on any atom is -0.448 e. The molecule has 2 aromatic heterocycles. The minimum absolute atomic E-state index is 0.0885. The van der Waals surface area contributed by atoms with Gasteiger partial charge in [0.25, 0.3) is 5.91 Å². The lowest BCUT2D eigenvalue weighted by Gasteiger charge is -2.35. The summed E-state index contributed by atoms with van der Waals surface area (Å²) in [5.41, 5.74) is 1.45. The van der Waals surface area contributed by atoms with Crippen LogP contribution in [0.2, 0.25) is 5.02 Å². The summed E-state index contributed by atoms with van der Waals surface area (Å²) in [6, 6.07) is 7.35. The molecule has 1 saturated heterocycles. The van der Waals surface area contributed by atoms with Crippen LogP contribution in [0.4, 0.5) is 27.2 Å². The van der Waals surface area contributed by atoms with Crippen LogP contribution in [0.1, 0.15) is 79.3 Å². The molecule has 17 heteroatoms. The quantitative estimate of drug-likeness (QED) is 0.0311. The summed E-state index contributed by atoms with van der Waals surface area (Å²) >= 11 is 7.51. The molecule has 4 N–H and O–H groups in total. The van der Waals surface area contributed by atoms with E-state index in [0.717, 1.165) is 94.0 Å². The molecule has 0 radical (unpaired) electrons. The van der Waals surface area contributed by atoms with Crippen LogP contribution in [-0.4, -0.2) is 102 Å². The lowest BCUT2D eigenvalue weighted by atomic mass is 10.2. The van der Waals surface area contributed by atoms with Crippen molar-refractivity contribution in [2.45, 2.75) is 72.1 Å². The number of aromatic nitrogens is 3. The maximum Gasteiger partial charge on any atom is 0.407 e. The standard InChI is InChI=1S/C47H64ClN9O4S3/c1-4-5-6-7-8-9-10-11-12-13-14-15-16-17-18-19-20-24-43(58)49-25-33-62-63-34-26-50-47(60)61-32-31-56-27-29-57(30-28-56)42-35-41(52-38(3)53-42)54-46-51-36-40(64-46)45(59)55-44-37(2)22-21-23-39(44)48/h5-6,8-9,11-12,14-15,17-18,21-23,35-36H,4,7,10,13,16,19-20,24-34H2,1-3H3,(H,49,58)(H,50,60)(H,55,59)(H,51,52,53,54)/b6-5-,9-8-,12-11-,15-14-,18-17-. The first kappa shape index (κ1) is 52.0. The predicted molar refractivity (Wildman–Crippen MR) is 271 cm³/mol. The Hall–Kier alpha value is -4.61. The lowest BCUT2D eigenvalue weighted by Crippen LogP contribution is -2.48. The second-order valence-corrected chi connectivity index (χ2v) is 18.8. The number of nitrogens with one attached hydrogen (secondary N) is 4. The van der Waals surface area contributed by atoms with Crippen molar-refractivity contribution >= 4 is 84.9 Å². The van der Waals surface area contributed by atoms with Crippen molar-refractivity contribution in [3.8, 4) is 0 Å². The summed E-state index contributed by atoms with van der Waals surface area (Å²) in [5.74, 6) is 3.36. The highest BCUT2D eigenvalue weighted by Gasteiger charge is 2.20. The Kier molecular flexibility index (Phi) is 25.4. The van der Waals surface area contributed by atoms with E-state index in [1.807, 2.05) is 32.0 Å². The molecule has 3 heterocycles. The average Bonchev–Trinajstić information content (AvgIpc) is 3.75. The van der Waals surface area contributed by atoms with Gasteiger partial charge >= 0.3 is 6.09 Å². The van der Waals surface area contributed by atoms with Gasteiger partial charge in [-0.1, -0.05) is 124 Å². The van der Waals surface area contributed by atoms with E-state index in [2.05, 4.69) is 114 Å². The zero-order valence-electron chi connectivity index (χ0n) is 37.4. The van der Waals surface area contributed by atoms with Crippen LogP contribution in [0.5, 0.6) is 0 Å². The Balaban J connectivity index is 0.966. The van der Waals surface area contributed by atoms with Crippen molar-refractivity contribution in [2.24, 2.45) is 0 Å². The van der Waals surface area contributed by atoms with Crippen LogP contribution in [0.15, 0.2) is 91.2 Å². The number of hydrogen-bond donors (Lipinski definition) is 4. The van der Waals surface area contributed by atoms with E-state index < -0.39 is 6.09 Å². The van der Waals surface area contributed by atoms with Gasteiger partial charge in [0.15, 0.2) is 5.13 Å². The van der Waals surface area contributed by atoms with Gasteiger partial charge in [0.1, 0.15) is 28.9 Å². The molecule has 1 aliphatic rings. The third-order valence-electron chi connectivity index (χ3n) is 9.56. The maximum absolute atomic E-state index is 12.9. The van der Waals surface area contributed by atoms with Gasteiger partial charge < -0.3 is 30.9 Å². The second-order valence-electron chi connectivity index (χ2n) is 14.7. The molecule has 64 heavy (non-hydrogen) atoms. The van der Waals surface area contributed by atoms with E-state index in [1.165, 1.54) is 17.5 Å². The molecule has 0 unspecified atom stereocenters. The van der Waals surface area contributed by atoms with E-state index in [9.17, 15) is 14.4 Å². The summed E-state index contributed by atoms with van der Waals surface area (Å²) in [5, 5.41) is 12.9. The van der Waals surface area contributed by atoms with Crippen molar-refractivity contribution in [1.82, 2.24) is 30.5 Å². The molecule has 3 aromatic rings. The molecule has 3 amide bonds. The topological polar surface area (TPSA) is 154 Å². The Morgan fingerprint density at radius 1 is 0.859 bits per heavy atom. The van der Waals surface area contributed by atoms with Gasteiger partial charge in [0, 0.05) is 69.8 Å². The summed E-state index contributed by atoms with van der Waals surface area (Å²) < 4.78 is 5.42. The lowest BCUT2D eigenvalue weighted by molar-refractivity contribution is -0.121. The highest BCUT2D eigenvalue weighted by molar-refractivity contribution is 8.76. The maximum atomic E-state index is 12.9. The smallest absolute Gasteiger partial charge is 0.407 e. The molecule has 0 saturated carbocycles. The number of alkyl carbamates (subject to hydrolysis) is 1. The number of nitrogens with zero attached hydrogens (tertiary/aromatic N) is 5. The number of hydrogen-bond acceptors (Lipinski definition) is 13. The minimum atomic E-state index is -0.416. The summed E-state index contributed by atoms with van der Waals surface area (Å²) in [7, 11) is 3.34. The van der Waals surface area contributed by atoms with Crippen LogP contribution in [0.25, 0.3) is 0 Å². The molecule has 4 rings (SSSR count). The normalized spacial score (nSPS) is 13.5. The SMILES string of the molecule is CC/C=C\C/C=C\C/C=C\C/C=C\C/C=C\CCCC(=O)NCCSSCCNC(=O)OCCN1CCN(c2cc(Nc3ncc(C(=O)Nc4c(C)cccc4Cl)s3)nc(C)n2)CC1. The number of ether oxygens (including phenoxy) is 1. The number of halogens is 1. The number of rotatable bonds is 28. The number of aryl methyl sites for hydroxylation is 2. The van der Waals surface area contributed by atoms with Crippen molar-refractivity contribution in [3.63, 3.8) is 0 Å². The monoisotopic (exact) mass is 949 g/mol. The van der Waals surface area contributed by atoms with Crippen LogP contribution >= 0.6 is 44.5 Å². The third-order valence-corrected chi connectivity index (χ3v) is 13.2. The van der Waals surface area contributed by atoms with Crippen molar-refractivity contribution in [2.75, 3.05) is 79.5 Å². The Morgan fingerprint density at radius 2 is 1.52 bits per heavy atom. The predicted octanol–water partition coefficient (Wildman–Crippen LogP) is 10.5. The molecule has 0 bridgehead atoms. The number of anilines is 4. The van der Waals surface area contributed by atoms with Crippen LogP contribution < -0.4 is 26.2 Å². The molecular weight excluding hydrogens is 886 g/mol. The number of amides is 3. The van der Waals surface area contributed by atoms with Crippen molar-refractivity contribution in [3.05, 3.63) is 113 Å². The van der Waals surface area contributed by atoms with Crippen molar-refractivity contribution < 1.29 is 19.1 Å². The molecule has 1 fully saturated rings. The van der Waals surface area contributed by atoms with Crippen LogP contribution in [0.3, 0.4) is 0 Å². The first-order chi connectivity index (χ1) is 31.2. The van der Waals surface area contributed by atoms with E-state index in [4.69, 9.17) is 16.3 Å². The summed E-state index contributed by atoms with van der Waals surface area (Å²) in [4.78, 5) is 55.8. The first-order valence-electron chi connectivity index (χ1n) is 22.0. The molecule has 0 atom stereocenters. The number of carbonyl (C=O) groups is 3. The van der Waals surface area contributed by atoms with Gasteiger partial charge in [-0.15, -0.1) is 0 Å². The highest BCUT2D eigenvalue weighted by Crippen LogP contribution is 2.28. The summed E-state index contributed by atoms with van der Waals surface area (Å²) in [6.45, 7) is 11.1. The molecule has 1 aromatic carbocycles. The van der Waals surface area contributed by atoms with Gasteiger partial charge in [-0.3, -0.25) is 14.5 Å². The van der Waals surface area contributed by atoms with Crippen LogP contribution in [0, 0.1) is 13.8 Å². The number of carbonyl (C=O) groups excluding carboxylic acids is 3. The van der Waals surface area contributed by atoms with Gasteiger partial charge in [0.05, 0.1) is 16.9 Å². The number of allylic oxidation sites excluding steroid dienone is 10. The largest absolute Gasteiger partial charge is 0.448 e. The fraction of sp³-hybridized carbons (Fsp3) is 0.447. The second kappa shape index (κ2) is 31.3. The zero-order chi connectivity index (χ0) is 45.6.